The van der Waals surface area contributed by atoms with Crippen molar-refractivity contribution in [2.24, 2.45) is 0 Å². The van der Waals surface area contributed by atoms with Gasteiger partial charge in [-0.2, -0.15) is 5.10 Å². The van der Waals surface area contributed by atoms with Crippen LogP contribution in [0.15, 0.2) is 60.4 Å². The van der Waals surface area contributed by atoms with Crippen LogP contribution in [0.5, 0.6) is 0 Å². The molecule has 0 fully saturated rings. The molecule has 0 bridgehead atoms. The summed E-state index contributed by atoms with van der Waals surface area (Å²) in [4.78, 5) is 19.1. The fourth-order valence-electron chi connectivity index (χ4n) is 3.02. The predicted molar refractivity (Wildman–Crippen MR) is 105 cm³/mol. The Bertz CT molecular complexity index is 1120. The van der Waals surface area contributed by atoms with E-state index in [4.69, 9.17) is 0 Å². The lowest BCUT2D eigenvalue weighted by molar-refractivity contribution is 0.0783. The number of hydrogen-bond acceptors (Lipinski definition) is 4. The Labute approximate surface area is 165 Å². The molecule has 3 heterocycles. The summed E-state index contributed by atoms with van der Waals surface area (Å²) in [6.07, 6.45) is 5.08. The average Bonchev–Trinajstić information content (AvgIpc) is 3.41. The van der Waals surface area contributed by atoms with E-state index in [0.29, 0.717) is 17.9 Å². The summed E-state index contributed by atoms with van der Waals surface area (Å²) in [5.41, 5.74) is 1.50. The third-order valence-corrected chi connectivity index (χ3v) is 5.14. The van der Waals surface area contributed by atoms with Crippen LogP contribution >= 0.6 is 11.3 Å². The Morgan fingerprint density at radius 2 is 1.96 bits per heavy atom. The summed E-state index contributed by atoms with van der Waals surface area (Å²) in [6, 6.07) is 10.0. The highest BCUT2D eigenvalue weighted by atomic mass is 32.1. The van der Waals surface area contributed by atoms with Crippen LogP contribution in [-0.2, 0) is 6.54 Å². The van der Waals surface area contributed by atoms with E-state index in [0.717, 1.165) is 10.7 Å². The first-order valence-electron chi connectivity index (χ1n) is 8.67. The van der Waals surface area contributed by atoms with Gasteiger partial charge in [-0.3, -0.25) is 4.79 Å². The zero-order valence-corrected chi connectivity index (χ0v) is 16.2. The van der Waals surface area contributed by atoms with E-state index in [-0.39, 0.29) is 11.6 Å². The molecular weight excluding hydrogens is 377 g/mol. The third-order valence-electron chi connectivity index (χ3n) is 4.32. The lowest BCUT2D eigenvalue weighted by atomic mass is 10.2. The van der Waals surface area contributed by atoms with Crippen molar-refractivity contribution in [3.8, 4) is 11.5 Å². The number of amides is 1. The van der Waals surface area contributed by atoms with Crippen molar-refractivity contribution in [1.82, 2.24) is 24.2 Å². The molecule has 0 atom stereocenters. The third kappa shape index (κ3) is 3.34. The van der Waals surface area contributed by atoms with Gasteiger partial charge < -0.3 is 9.47 Å². The highest BCUT2D eigenvalue weighted by Crippen LogP contribution is 2.23. The van der Waals surface area contributed by atoms with E-state index in [2.05, 4.69) is 10.1 Å². The Hall–Kier alpha value is -3.26. The van der Waals surface area contributed by atoms with Crippen LogP contribution in [-0.4, -0.2) is 37.2 Å². The van der Waals surface area contributed by atoms with Gasteiger partial charge in [0.2, 0.25) is 0 Å². The van der Waals surface area contributed by atoms with Crippen molar-refractivity contribution in [2.45, 2.75) is 13.5 Å². The maximum atomic E-state index is 14.4. The maximum absolute atomic E-state index is 14.4. The van der Waals surface area contributed by atoms with Crippen LogP contribution in [0.4, 0.5) is 4.39 Å². The lowest BCUT2D eigenvalue weighted by Gasteiger charge is -2.17. The molecule has 1 aromatic carbocycles. The Morgan fingerprint density at radius 1 is 1.21 bits per heavy atom. The van der Waals surface area contributed by atoms with Gasteiger partial charge in [-0.15, -0.1) is 11.3 Å². The van der Waals surface area contributed by atoms with E-state index in [1.807, 2.05) is 24.4 Å². The van der Waals surface area contributed by atoms with Crippen LogP contribution < -0.4 is 0 Å². The van der Waals surface area contributed by atoms with Gasteiger partial charge in [0.25, 0.3) is 5.91 Å². The lowest BCUT2D eigenvalue weighted by Crippen LogP contribution is -2.27. The summed E-state index contributed by atoms with van der Waals surface area (Å²) in [7, 11) is 1.72. The number of benzene rings is 1. The van der Waals surface area contributed by atoms with Crippen LogP contribution in [0, 0.1) is 12.7 Å². The zero-order valence-electron chi connectivity index (χ0n) is 15.4. The number of carbonyl (C=O) groups is 1. The van der Waals surface area contributed by atoms with Gasteiger partial charge in [0, 0.05) is 24.8 Å². The second-order valence-electron chi connectivity index (χ2n) is 6.35. The monoisotopic (exact) mass is 395 g/mol. The first-order valence-corrected chi connectivity index (χ1v) is 9.55. The molecule has 0 unspecified atom stereocenters. The molecule has 6 nitrogen and oxygen atoms in total. The van der Waals surface area contributed by atoms with E-state index >= 15 is 0 Å². The highest BCUT2D eigenvalue weighted by Gasteiger charge is 2.24. The molecule has 0 aliphatic rings. The molecule has 28 heavy (non-hydrogen) atoms. The van der Waals surface area contributed by atoms with Gasteiger partial charge in [0.05, 0.1) is 23.4 Å². The predicted octanol–water partition coefficient (Wildman–Crippen LogP) is 3.84. The highest BCUT2D eigenvalue weighted by molar-refractivity contribution is 7.09. The molecule has 8 heteroatoms. The summed E-state index contributed by atoms with van der Waals surface area (Å²) in [5, 5.41) is 7.21. The molecule has 3 aromatic heterocycles. The minimum atomic E-state index is -0.413. The van der Waals surface area contributed by atoms with Gasteiger partial charge in [0.15, 0.2) is 5.82 Å². The number of aryl methyl sites for hydroxylation is 1. The minimum Gasteiger partial charge on any atom is -0.336 e. The number of halogens is 1. The number of nitrogens with zero attached hydrogens (tertiary/aromatic N) is 5. The fourth-order valence-corrected chi connectivity index (χ4v) is 3.62. The summed E-state index contributed by atoms with van der Waals surface area (Å²) >= 11 is 1.55. The Balaban J connectivity index is 1.75. The molecule has 0 saturated carbocycles. The smallest absolute Gasteiger partial charge is 0.259 e. The van der Waals surface area contributed by atoms with E-state index < -0.39 is 5.82 Å². The molecule has 4 aromatic rings. The van der Waals surface area contributed by atoms with Crippen molar-refractivity contribution in [2.75, 3.05) is 7.05 Å². The first-order chi connectivity index (χ1) is 13.5. The molecule has 4 rings (SSSR count). The SMILES string of the molecule is Cc1nc(CN(C)C(=O)c2cnn(-c3ccccc3F)c2-n2cccc2)cs1. The van der Waals surface area contributed by atoms with Crippen molar-refractivity contribution in [3.63, 3.8) is 0 Å². The van der Waals surface area contributed by atoms with Gasteiger partial charge in [-0.05, 0) is 31.2 Å². The molecule has 0 aliphatic heterocycles. The quantitative estimate of drug-likeness (QED) is 0.516. The zero-order chi connectivity index (χ0) is 19.7. The van der Waals surface area contributed by atoms with E-state index in [1.165, 1.54) is 16.9 Å². The fraction of sp³-hybridized carbons (Fsp3) is 0.150. The molecule has 0 saturated heterocycles. The van der Waals surface area contributed by atoms with Crippen LogP contribution in [0.1, 0.15) is 21.1 Å². The molecular formula is C20H18FN5OS. The summed E-state index contributed by atoms with van der Waals surface area (Å²) in [6.45, 7) is 2.32. The second-order valence-corrected chi connectivity index (χ2v) is 7.42. The van der Waals surface area contributed by atoms with Crippen molar-refractivity contribution >= 4 is 17.2 Å². The Kier molecular flexibility index (Phi) is 4.79. The number of rotatable bonds is 5. The first kappa shape index (κ1) is 18.1. The maximum Gasteiger partial charge on any atom is 0.259 e. The minimum absolute atomic E-state index is 0.211. The molecule has 0 aliphatic carbocycles. The van der Waals surface area contributed by atoms with Crippen LogP contribution in [0.2, 0.25) is 0 Å². The van der Waals surface area contributed by atoms with E-state index in [9.17, 15) is 9.18 Å². The van der Waals surface area contributed by atoms with Gasteiger partial charge in [-0.25, -0.2) is 14.1 Å². The summed E-state index contributed by atoms with van der Waals surface area (Å²) in [5.74, 6) is -0.136. The largest absolute Gasteiger partial charge is 0.336 e. The second kappa shape index (κ2) is 7.40. The van der Waals surface area contributed by atoms with Gasteiger partial charge in [0.1, 0.15) is 17.1 Å². The van der Waals surface area contributed by atoms with E-state index in [1.54, 1.807) is 58.4 Å². The van der Waals surface area contributed by atoms with Crippen molar-refractivity contribution in [3.05, 3.63) is 82.5 Å². The van der Waals surface area contributed by atoms with Gasteiger partial charge >= 0.3 is 0 Å². The van der Waals surface area contributed by atoms with Gasteiger partial charge in [-0.1, -0.05) is 12.1 Å². The molecule has 0 radical (unpaired) electrons. The number of para-hydroxylation sites is 1. The molecule has 0 spiro atoms. The average molecular weight is 395 g/mol. The van der Waals surface area contributed by atoms with Crippen LogP contribution in [0.25, 0.3) is 11.5 Å². The van der Waals surface area contributed by atoms with Crippen molar-refractivity contribution in [1.29, 1.82) is 0 Å². The Morgan fingerprint density at radius 3 is 2.64 bits per heavy atom. The normalized spacial score (nSPS) is 11.0. The number of hydrogen-bond donors (Lipinski definition) is 0. The van der Waals surface area contributed by atoms with Crippen LogP contribution in [0.3, 0.4) is 0 Å². The number of carbonyl (C=O) groups excluding carboxylic acids is 1. The van der Waals surface area contributed by atoms with Crippen molar-refractivity contribution < 1.29 is 9.18 Å². The number of thiazole rings is 1. The molecule has 0 N–H and O–H groups in total. The number of aromatic nitrogens is 4. The molecule has 1 amide bonds. The molecule has 142 valence electrons. The topological polar surface area (TPSA) is 56.0 Å². The standard InChI is InChI=1S/C20H18FN5OS/c1-14-23-15(13-28-14)12-24(2)20(27)16-11-22-26(18-8-4-3-7-17(18)21)19(16)25-9-5-6-10-25/h3-11,13H,12H2,1-2H3. The summed E-state index contributed by atoms with van der Waals surface area (Å²) < 4.78 is 17.6.